The van der Waals surface area contributed by atoms with E-state index in [1.54, 1.807) is 58.2 Å². The Hall–Kier alpha value is -4.84. The fourth-order valence-electron chi connectivity index (χ4n) is 4.49. The molecule has 2 amide bonds. The number of anilines is 2. The van der Waals surface area contributed by atoms with Gasteiger partial charge in [-0.15, -0.1) is 0 Å². The highest BCUT2D eigenvalue weighted by Crippen LogP contribution is 2.27. The van der Waals surface area contributed by atoms with Gasteiger partial charge in [-0.2, -0.15) is 0 Å². The molecule has 0 unspecified atom stereocenters. The molecule has 0 saturated carbocycles. The monoisotopic (exact) mass is 499 g/mol. The SMILES string of the molecule is C=CC(=O)NN1CCC[C@@H](n2c(=O)n(-c3ccc(C(=O)Nc4ccccn4)cc3)c3c(N)ncnc32)C1. The number of nitrogen functional groups attached to an aromatic ring is 1. The molecule has 188 valence electrons. The van der Waals surface area contributed by atoms with Gasteiger partial charge in [-0.05, 0) is 55.3 Å². The quantitative estimate of drug-likeness (QED) is 0.339. The van der Waals surface area contributed by atoms with Crippen LogP contribution < -0.4 is 22.2 Å². The minimum atomic E-state index is -0.338. The molecule has 4 N–H and O–H groups in total. The second kappa shape index (κ2) is 10.0. The number of nitrogens with two attached hydrogens (primary N) is 1. The molecule has 1 saturated heterocycles. The van der Waals surface area contributed by atoms with Crippen LogP contribution in [0, 0.1) is 0 Å². The number of hydrogen-bond acceptors (Lipinski definition) is 8. The Morgan fingerprint density at radius 2 is 1.92 bits per heavy atom. The highest BCUT2D eigenvalue weighted by molar-refractivity contribution is 6.03. The van der Waals surface area contributed by atoms with Crippen LogP contribution in [0.25, 0.3) is 16.9 Å². The van der Waals surface area contributed by atoms with E-state index in [2.05, 4.69) is 32.3 Å². The first-order chi connectivity index (χ1) is 18.0. The largest absolute Gasteiger partial charge is 0.382 e. The molecule has 5 rings (SSSR count). The van der Waals surface area contributed by atoms with Gasteiger partial charge in [0, 0.05) is 24.8 Å². The summed E-state index contributed by atoms with van der Waals surface area (Å²) in [6.07, 6.45) is 5.60. The van der Waals surface area contributed by atoms with E-state index in [-0.39, 0.29) is 29.4 Å². The summed E-state index contributed by atoms with van der Waals surface area (Å²) >= 11 is 0. The average molecular weight is 500 g/mol. The predicted molar refractivity (Wildman–Crippen MR) is 138 cm³/mol. The van der Waals surface area contributed by atoms with Crippen molar-refractivity contribution in [3.05, 3.63) is 83.7 Å². The summed E-state index contributed by atoms with van der Waals surface area (Å²) in [4.78, 5) is 50.8. The minimum absolute atomic E-state index is 0.158. The maximum atomic E-state index is 13.8. The number of carbonyl (C=O) groups excluding carboxylic acids is 2. The van der Waals surface area contributed by atoms with Gasteiger partial charge in [0.1, 0.15) is 17.7 Å². The molecule has 0 bridgehead atoms. The third-order valence-corrected chi connectivity index (χ3v) is 6.19. The number of imidazole rings is 1. The van der Waals surface area contributed by atoms with Crippen molar-refractivity contribution in [2.75, 3.05) is 24.1 Å². The first-order valence-corrected chi connectivity index (χ1v) is 11.7. The summed E-state index contributed by atoms with van der Waals surface area (Å²) < 4.78 is 3.05. The Morgan fingerprint density at radius 1 is 1.11 bits per heavy atom. The van der Waals surface area contributed by atoms with Crippen LogP contribution in [-0.2, 0) is 4.79 Å². The Kier molecular flexibility index (Phi) is 6.47. The number of fused-ring (bicyclic) bond motifs is 1. The van der Waals surface area contributed by atoms with E-state index in [0.29, 0.717) is 41.3 Å². The number of aromatic nitrogens is 5. The summed E-state index contributed by atoms with van der Waals surface area (Å²) in [6.45, 7) is 4.55. The lowest BCUT2D eigenvalue weighted by molar-refractivity contribution is -0.121. The van der Waals surface area contributed by atoms with Gasteiger partial charge in [0.2, 0.25) is 0 Å². The smallest absolute Gasteiger partial charge is 0.335 e. The third kappa shape index (κ3) is 4.69. The zero-order valence-electron chi connectivity index (χ0n) is 19.9. The molecule has 37 heavy (non-hydrogen) atoms. The van der Waals surface area contributed by atoms with Crippen molar-refractivity contribution < 1.29 is 9.59 Å². The van der Waals surface area contributed by atoms with Crippen molar-refractivity contribution in [1.29, 1.82) is 0 Å². The molecule has 0 radical (unpaired) electrons. The molecule has 12 heteroatoms. The van der Waals surface area contributed by atoms with E-state index in [9.17, 15) is 14.4 Å². The van der Waals surface area contributed by atoms with Gasteiger partial charge in [0.15, 0.2) is 11.5 Å². The summed E-state index contributed by atoms with van der Waals surface area (Å²) in [5, 5.41) is 4.50. The standard InChI is InChI=1S/C25H25N9O3/c1-2-20(35)31-32-13-5-6-18(14-32)34-23-21(22(26)28-15-29-23)33(25(34)37)17-10-8-16(9-11-17)24(36)30-19-7-3-4-12-27-19/h2-4,7-12,15,18H,1,5-6,13-14H2,(H,31,35)(H2,26,28,29)(H,27,30,36)/t18-/m1/s1. The number of benzene rings is 1. The van der Waals surface area contributed by atoms with Crippen molar-refractivity contribution in [2.45, 2.75) is 18.9 Å². The van der Waals surface area contributed by atoms with E-state index >= 15 is 0 Å². The second-order valence-electron chi connectivity index (χ2n) is 8.56. The van der Waals surface area contributed by atoms with E-state index in [1.165, 1.54) is 17.0 Å². The summed E-state index contributed by atoms with van der Waals surface area (Å²) in [5.74, 6) is -0.0436. The number of rotatable bonds is 6. The van der Waals surface area contributed by atoms with Crippen LogP contribution in [0.5, 0.6) is 0 Å². The maximum Gasteiger partial charge on any atom is 0.335 e. The molecule has 0 spiro atoms. The zero-order valence-corrected chi connectivity index (χ0v) is 19.9. The Bertz CT molecular complexity index is 1530. The third-order valence-electron chi connectivity index (χ3n) is 6.19. The Morgan fingerprint density at radius 3 is 2.65 bits per heavy atom. The average Bonchev–Trinajstić information content (AvgIpc) is 3.22. The van der Waals surface area contributed by atoms with Gasteiger partial charge in [0.05, 0.1) is 11.7 Å². The van der Waals surface area contributed by atoms with E-state index in [4.69, 9.17) is 5.73 Å². The van der Waals surface area contributed by atoms with Gasteiger partial charge in [0.25, 0.3) is 11.8 Å². The lowest BCUT2D eigenvalue weighted by atomic mass is 10.1. The first-order valence-electron chi connectivity index (χ1n) is 11.7. The molecular formula is C25H25N9O3. The lowest BCUT2D eigenvalue weighted by Gasteiger charge is -2.32. The van der Waals surface area contributed by atoms with E-state index < -0.39 is 0 Å². The normalized spacial score (nSPS) is 15.8. The molecular weight excluding hydrogens is 474 g/mol. The molecule has 12 nitrogen and oxygen atoms in total. The molecule has 0 aliphatic carbocycles. The van der Waals surface area contributed by atoms with Gasteiger partial charge < -0.3 is 11.1 Å². The van der Waals surface area contributed by atoms with Crippen LogP contribution in [-0.4, -0.2) is 54.0 Å². The summed E-state index contributed by atoms with van der Waals surface area (Å²) in [7, 11) is 0. The maximum absolute atomic E-state index is 13.8. The number of piperidine rings is 1. The molecule has 1 fully saturated rings. The van der Waals surface area contributed by atoms with Crippen molar-refractivity contribution in [1.82, 2.24) is 34.5 Å². The fraction of sp³-hybridized carbons (Fsp3) is 0.200. The van der Waals surface area contributed by atoms with Gasteiger partial charge >= 0.3 is 5.69 Å². The summed E-state index contributed by atoms with van der Waals surface area (Å²) in [6, 6.07) is 11.6. The van der Waals surface area contributed by atoms with Gasteiger partial charge in [-0.1, -0.05) is 12.6 Å². The highest BCUT2D eigenvalue weighted by Gasteiger charge is 2.28. The van der Waals surface area contributed by atoms with Crippen molar-refractivity contribution in [3.63, 3.8) is 0 Å². The Balaban J connectivity index is 1.50. The van der Waals surface area contributed by atoms with E-state index in [0.717, 1.165) is 12.8 Å². The van der Waals surface area contributed by atoms with Crippen LogP contribution in [0.15, 0.2) is 72.4 Å². The number of carbonyl (C=O) groups is 2. The summed E-state index contributed by atoms with van der Waals surface area (Å²) in [5.41, 5.74) is 10.3. The number of pyridine rings is 1. The number of hydrazine groups is 1. The number of hydrogen-bond donors (Lipinski definition) is 3. The molecule has 3 aromatic heterocycles. The van der Waals surface area contributed by atoms with Gasteiger partial charge in [-0.3, -0.25) is 24.1 Å². The van der Waals surface area contributed by atoms with Gasteiger partial charge in [-0.25, -0.2) is 24.8 Å². The van der Waals surface area contributed by atoms with Crippen LogP contribution in [0.2, 0.25) is 0 Å². The molecule has 4 heterocycles. The van der Waals surface area contributed by atoms with Crippen LogP contribution in [0.4, 0.5) is 11.6 Å². The topological polar surface area (TPSA) is 153 Å². The molecule has 1 aliphatic heterocycles. The van der Waals surface area contributed by atoms with Crippen LogP contribution >= 0.6 is 0 Å². The molecule has 1 aromatic carbocycles. The van der Waals surface area contributed by atoms with Crippen LogP contribution in [0.1, 0.15) is 29.2 Å². The van der Waals surface area contributed by atoms with Crippen molar-refractivity contribution in [3.8, 4) is 5.69 Å². The van der Waals surface area contributed by atoms with Crippen LogP contribution in [0.3, 0.4) is 0 Å². The predicted octanol–water partition coefficient (Wildman–Crippen LogP) is 1.67. The second-order valence-corrected chi connectivity index (χ2v) is 8.56. The van der Waals surface area contributed by atoms with Crippen molar-refractivity contribution in [2.24, 2.45) is 0 Å². The first kappa shape index (κ1) is 23.9. The Labute approximate surface area is 211 Å². The zero-order chi connectivity index (χ0) is 25.9. The molecule has 1 atom stereocenters. The lowest BCUT2D eigenvalue weighted by Crippen LogP contribution is -2.48. The highest BCUT2D eigenvalue weighted by atomic mass is 16.2. The van der Waals surface area contributed by atoms with E-state index in [1.807, 2.05) is 0 Å². The molecule has 1 aliphatic rings. The number of nitrogens with one attached hydrogen (secondary N) is 2. The fourth-order valence-corrected chi connectivity index (χ4v) is 4.49. The number of amides is 2. The minimum Gasteiger partial charge on any atom is -0.382 e. The van der Waals surface area contributed by atoms with Crippen molar-refractivity contribution >= 4 is 34.6 Å². The molecule has 4 aromatic rings. The number of nitrogens with zero attached hydrogens (tertiary/aromatic N) is 6.